The molecule has 3 heterocycles. The summed E-state index contributed by atoms with van der Waals surface area (Å²) in [5.41, 5.74) is 0. The summed E-state index contributed by atoms with van der Waals surface area (Å²) >= 11 is 3.38. The van der Waals surface area contributed by atoms with Crippen molar-refractivity contribution in [3.8, 4) is 10.7 Å². The third kappa shape index (κ3) is 3.40. The van der Waals surface area contributed by atoms with Crippen LogP contribution >= 0.6 is 22.7 Å². The molecule has 21 heavy (non-hydrogen) atoms. The van der Waals surface area contributed by atoms with Crippen LogP contribution in [0.4, 0.5) is 0 Å². The first kappa shape index (κ1) is 14.4. The van der Waals surface area contributed by atoms with Crippen LogP contribution in [0.15, 0.2) is 39.5 Å². The maximum absolute atomic E-state index is 5.32. The van der Waals surface area contributed by atoms with Crippen molar-refractivity contribution < 1.29 is 4.52 Å². The van der Waals surface area contributed by atoms with Gasteiger partial charge >= 0.3 is 0 Å². The van der Waals surface area contributed by atoms with Crippen LogP contribution < -0.4 is 5.32 Å². The van der Waals surface area contributed by atoms with Gasteiger partial charge in [-0.2, -0.15) is 4.98 Å². The summed E-state index contributed by atoms with van der Waals surface area (Å²) in [6.07, 6.45) is 0. The number of rotatable bonds is 6. The van der Waals surface area contributed by atoms with Gasteiger partial charge in [-0.3, -0.25) is 0 Å². The lowest BCUT2D eigenvalue weighted by atomic mass is 10.0. The summed E-state index contributed by atoms with van der Waals surface area (Å²) in [5, 5.41) is 11.7. The lowest BCUT2D eigenvalue weighted by Gasteiger charge is -2.20. The Kier molecular flexibility index (Phi) is 4.48. The second-order valence-electron chi connectivity index (χ2n) is 5.11. The molecule has 4 nitrogen and oxygen atoms in total. The second-order valence-corrected chi connectivity index (χ2v) is 7.03. The van der Waals surface area contributed by atoms with Gasteiger partial charge in [-0.1, -0.05) is 31.1 Å². The molecule has 0 aromatic carbocycles. The number of nitrogens with zero attached hydrogens (tertiary/aromatic N) is 2. The van der Waals surface area contributed by atoms with Crippen molar-refractivity contribution in [2.24, 2.45) is 5.92 Å². The number of aromatic nitrogens is 2. The second kappa shape index (κ2) is 6.51. The summed E-state index contributed by atoms with van der Waals surface area (Å²) in [6, 6.07) is 8.53. The van der Waals surface area contributed by atoms with Crippen molar-refractivity contribution in [2.75, 3.05) is 0 Å². The van der Waals surface area contributed by atoms with Crippen molar-refractivity contribution in [1.82, 2.24) is 15.5 Å². The summed E-state index contributed by atoms with van der Waals surface area (Å²) in [7, 11) is 0. The summed E-state index contributed by atoms with van der Waals surface area (Å²) < 4.78 is 5.32. The third-order valence-electron chi connectivity index (χ3n) is 3.20. The Morgan fingerprint density at radius 1 is 1.19 bits per heavy atom. The van der Waals surface area contributed by atoms with Crippen LogP contribution in [0.25, 0.3) is 10.7 Å². The largest absolute Gasteiger partial charge is 0.338 e. The predicted molar refractivity (Wildman–Crippen MR) is 86.3 cm³/mol. The highest BCUT2D eigenvalue weighted by Crippen LogP contribution is 2.26. The van der Waals surface area contributed by atoms with Crippen LogP contribution in [0.5, 0.6) is 0 Å². The van der Waals surface area contributed by atoms with E-state index in [0.29, 0.717) is 30.2 Å². The van der Waals surface area contributed by atoms with Crippen LogP contribution in [-0.4, -0.2) is 10.1 Å². The lowest BCUT2D eigenvalue weighted by molar-refractivity contribution is 0.339. The first-order valence-corrected chi connectivity index (χ1v) is 8.63. The van der Waals surface area contributed by atoms with Gasteiger partial charge in [0.2, 0.25) is 11.7 Å². The molecule has 110 valence electrons. The summed E-state index contributed by atoms with van der Waals surface area (Å²) in [6.45, 7) is 5.00. The number of thiophene rings is 2. The van der Waals surface area contributed by atoms with E-state index in [1.807, 2.05) is 17.5 Å². The zero-order valence-corrected chi connectivity index (χ0v) is 13.6. The Hall–Kier alpha value is -1.50. The molecule has 0 aliphatic heterocycles. The first-order valence-electron chi connectivity index (χ1n) is 6.87. The molecule has 3 rings (SSSR count). The summed E-state index contributed by atoms with van der Waals surface area (Å²) in [4.78, 5) is 6.81. The Morgan fingerprint density at radius 2 is 2.00 bits per heavy atom. The average Bonchev–Trinajstić information content (AvgIpc) is 3.21. The smallest absolute Gasteiger partial charge is 0.240 e. The number of hydrogen-bond donors (Lipinski definition) is 1. The molecule has 0 aliphatic carbocycles. The minimum Gasteiger partial charge on any atom is -0.338 e. The highest BCUT2D eigenvalue weighted by atomic mass is 32.1. The van der Waals surface area contributed by atoms with Crippen molar-refractivity contribution >= 4 is 22.7 Å². The van der Waals surface area contributed by atoms with Crippen LogP contribution in [-0.2, 0) is 6.54 Å². The molecule has 0 saturated heterocycles. The molecule has 0 bridgehead atoms. The molecular weight excluding hydrogens is 302 g/mol. The molecule has 0 spiro atoms. The van der Waals surface area contributed by atoms with Gasteiger partial charge in [0.05, 0.1) is 11.4 Å². The predicted octanol–water partition coefficient (Wildman–Crippen LogP) is 4.35. The number of nitrogens with one attached hydrogen (secondary N) is 1. The molecule has 0 unspecified atom stereocenters. The van der Waals surface area contributed by atoms with E-state index in [4.69, 9.17) is 4.52 Å². The van der Waals surface area contributed by atoms with Gasteiger partial charge in [0.1, 0.15) is 0 Å². The van der Waals surface area contributed by atoms with E-state index < -0.39 is 0 Å². The van der Waals surface area contributed by atoms with Gasteiger partial charge in [0.15, 0.2) is 0 Å². The SMILES string of the molecule is CC(C)[C@@H](NCc1nc(-c2cccs2)no1)c1cccs1. The van der Waals surface area contributed by atoms with Gasteiger partial charge in [-0.05, 0) is 28.8 Å². The van der Waals surface area contributed by atoms with Crippen molar-refractivity contribution in [3.63, 3.8) is 0 Å². The molecule has 0 aliphatic rings. The highest BCUT2D eigenvalue weighted by Gasteiger charge is 2.18. The lowest BCUT2D eigenvalue weighted by Crippen LogP contribution is -2.24. The van der Waals surface area contributed by atoms with E-state index >= 15 is 0 Å². The van der Waals surface area contributed by atoms with Crippen LogP contribution in [0, 0.1) is 5.92 Å². The third-order valence-corrected chi connectivity index (χ3v) is 5.02. The van der Waals surface area contributed by atoms with Gasteiger partial charge in [-0.15, -0.1) is 22.7 Å². The fourth-order valence-electron chi connectivity index (χ4n) is 2.16. The van der Waals surface area contributed by atoms with Gasteiger partial charge < -0.3 is 9.84 Å². The van der Waals surface area contributed by atoms with Crippen molar-refractivity contribution in [3.05, 3.63) is 45.8 Å². The average molecular weight is 319 g/mol. The van der Waals surface area contributed by atoms with Crippen LogP contribution in [0.2, 0.25) is 0 Å². The highest BCUT2D eigenvalue weighted by molar-refractivity contribution is 7.13. The standard InChI is InChI=1S/C15H17N3OS2/c1-10(2)14(11-5-3-7-20-11)16-9-13-17-15(18-19-13)12-6-4-8-21-12/h3-8,10,14,16H,9H2,1-2H3/t14-/m1/s1. The fourth-order valence-corrected chi connectivity index (χ4v) is 3.79. The minimum atomic E-state index is 0.307. The van der Waals surface area contributed by atoms with Crippen LogP contribution in [0.3, 0.4) is 0 Å². The maximum Gasteiger partial charge on any atom is 0.240 e. The normalized spacial score (nSPS) is 12.9. The van der Waals surface area contributed by atoms with Crippen molar-refractivity contribution in [2.45, 2.75) is 26.4 Å². The fraction of sp³-hybridized carbons (Fsp3) is 0.333. The molecule has 0 saturated carbocycles. The van der Waals surface area contributed by atoms with Gasteiger partial charge in [0.25, 0.3) is 0 Å². The molecular formula is C15H17N3OS2. The molecule has 0 fully saturated rings. The molecule has 1 N–H and O–H groups in total. The molecule has 3 aromatic rings. The van der Waals surface area contributed by atoms with Gasteiger partial charge in [-0.25, -0.2) is 0 Å². The van der Waals surface area contributed by atoms with E-state index in [9.17, 15) is 0 Å². The summed E-state index contributed by atoms with van der Waals surface area (Å²) in [5.74, 6) is 1.79. The molecule has 6 heteroatoms. The molecule has 0 radical (unpaired) electrons. The number of hydrogen-bond acceptors (Lipinski definition) is 6. The first-order chi connectivity index (χ1) is 10.2. The molecule has 3 aromatic heterocycles. The molecule has 1 atom stereocenters. The Labute approximate surface area is 131 Å². The van der Waals surface area contributed by atoms with E-state index in [0.717, 1.165) is 4.88 Å². The Bertz CT molecular complexity index is 659. The zero-order chi connectivity index (χ0) is 14.7. The van der Waals surface area contributed by atoms with E-state index in [2.05, 4.69) is 46.8 Å². The van der Waals surface area contributed by atoms with Gasteiger partial charge in [0, 0.05) is 10.9 Å². The minimum absolute atomic E-state index is 0.307. The zero-order valence-electron chi connectivity index (χ0n) is 11.9. The quantitative estimate of drug-likeness (QED) is 0.734. The Morgan fingerprint density at radius 3 is 2.67 bits per heavy atom. The monoisotopic (exact) mass is 319 g/mol. The maximum atomic E-state index is 5.32. The van der Waals surface area contributed by atoms with Crippen molar-refractivity contribution in [1.29, 1.82) is 0 Å². The topological polar surface area (TPSA) is 51.0 Å². The van der Waals surface area contributed by atoms with E-state index in [1.165, 1.54) is 4.88 Å². The van der Waals surface area contributed by atoms with E-state index in [1.54, 1.807) is 22.7 Å². The van der Waals surface area contributed by atoms with Crippen LogP contribution in [0.1, 0.15) is 30.7 Å². The molecule has 0 amide bonds. The van der Waals surface area contributed by atoms with E-state index in [-0.39, 0.29) is 0 Å². The Balaban J connectivity index is 1.67.